The van der Waals surface area contributed by atoms with Crippen molar-refractivity contribution in [3.8, 4) is 0 Å². The summed E-state index contributed by atoms with van der Waals surface area (Å²) in [5.74, 6) is 5.01. The molecule has 17 heavy (non-hydrogen) atoms. The molecule has 3 saturated carbocycles. The second kappa shape index (κ2) is 3.58. The first-order chi connectivity index (χ1) is 8.34. The molecule has 0 heterocycles. The molecule has 0 aromatic heterocycles. The molecule has 4 rings (SSSR count). The van der Waals surface area contributed by atoms with Crippen molar-refractivity contribution in [3.05, 3.63) is 35.9 Å². The first-order valence-electron chi connectivity index (χ1n) is 7.14. The van der Waals surface area contributed by atoms with Gasteiger partial charge in [-0.25, -0.2) is 0 Å². The minimum atomic E-state index is 0.413. The van der Waals surface area contributed by atoms with E-state index < -0.39 is 0 Å². The molecule has 3 aliphatic carbocycles. The van der Waals surface area contributed by atoms with Crippen LogP contribution >= 0.6 is 0 Å². The highest BCUT2D eigenvalue weighted by molar-refractivity contribution is 5.20. The molecule has 3 aliphatic rings. The summed E-state index contributed by atoms with van der Waals surface area (Å²) < 4.78 is 0. The summed E-state index contributed by atoms with van der Waals surface area (Å²) in [5.41, 5.74) is 7.87. The Labute approximate surface area is 103 Å². The third-order valence-corrected chi connectivity index (χ3v) is 5.60. The Bertz CT molecular complexity index is 397. The lowest BCUT2D eigenvalue weighted by Crippen LogP contribution is -2.28. The van der Waals surface area contributed by atoms with Crippen molar-refractivity contribution < 1.29 is 0 Å². The summed E-state index contributed by atoms with van der Waals surface area (Å²) in [6.45, 7) is 0. The molecule has 1 heteroatoms. The van der Waals surface area contributed by atoms with Gasteiger partial charge in [-0.3, -0.25) is 0 Å². The van der Waals surface area contributed by atoms with Gasteiger partial charge in [-0.15, -0.1) is 0 Å². The van der Waals surface area contributed by atoms with Crippen LogP contribution in [0.25, 0.3) is 0 Å². The number of nitrogens with two attached hydrogens (primary N) is 1. The Morgan fingerprint density at radius 2 is 1.71 bits per heavy atom. The molecule has 5 unspecified atom stereocenters. The van der Waals surface area contributed by atoms with Crippen molar-refractivity contribution in [1.29, 1.82) is 0 Å². The van der Waals surface area contributed by atoms with Crippen LogP contribution in [-0.2, 0) is 6.42 Å². The molecule has 1 aromatic carbocycles. The summed E-state index contributed by atoms with van der Waals surface area (Å²) in [5, 5.41) is 0. The van der Waals surface area contributed by atoms with Crippen LogP contribution in [0.5, 0.6) is 0 Å². The SMILES string of the molecule is NC(Cc1ccccc1)C1C2C3CCC(C3)C12. The maximum atomic E-state index is 6.45. The number of hydrogen-bond donors (Lipinski definition) is 1. The van der Waals surface area contributed by atoms with Crippen molar-refractivity contribution in [1.82, 2.24) is 0 Å². The molecule has 2 bridgehead atoms. The van der Waals surface area contributed by atoms with Gasteiger partial charge < -0.3 is 5.73 Å². The lowest BCUT2D eigenvalue weighted by Gasteiger charge is -2.16. The van der Waals surface area contributed by atoms with Gasteiger partial charge in [-0.1, -0.05) is 30.3 Å². The highest BCUT2D eigenvalue weighted by atomic mass is 14.8. The third-order valence-electron chi connectivity index (χ3n) is 5.60. The van der Waals surface area contributed by atoms with E-state index in [4.69, 9.17) is 5.73 Å². The number of fused-ring (bicyclic) bond motifs is 5. The molecule has 0 saturated heterocycles. The smallest absolute Gasteiger partial charge is 0.0113 e. The minimum Gasteiger partial charge on any atom is -0.327 e. The minimum absolute atomic E-state index is 0.413. The van der Waals surface area contributed by atoms with E-state index in [1.807, 2.05) is 0 Å². The highest BCUT2D eigenvalue weighted by Crippen LogP contribution is 2.70. The largest absolute Gasteiger partial charge is 0.327 e. The average molecular weight is 227 g/mol. The van der Waals surface area contributed by atoms with E-state index in [2.05, 4.69) is 30.3 Å². The number of rotatable bonds is 3. The van der Waals surface area contributed by atoms with E-state index in [1.54, 1.807) is 0 Å². The Balaban J connectivity index is 1.44. The van der Waals surface area contributed by atoms with E-state index in [-0.39, 0.29) is 0 Å². The summed E-state index contributed by atoms with van der Waals surface area (Å²) in [4.78, 5) is 0. The van der Waals surface area contributed by atoms with Crippen LogP contribution in [0.3, 0.4) is 0 Å². The molecule has 1 nitrogen and oxygen atoms in total. The molecule has 90 valence electrons. The molecule has 0 radical (unpaired) electrons. The van der Waals surface area contributed by atoms with Crippen LogP contribution in [-0.4, -0.2) is 6.04 Å². The molecule has 0 spiro atoms. The standard InChI is InChI=1S/C16H21N/c17-13(8-10-4-2-1-3-5-10)16-14-11-6-7-12(9-11)15(14)16/h1-5,11-16H,6-9,17H2. The zero-order valence-corrected chi connectivity index (χ0v) is 10.3. The monoisotopic (exact) mass is 227 g/mol. The topological polar surface area (TPSA) is 26.0 Å². The molecule has 5 atom stereocenters. The first-order valence-corrected chi connectivity index (χ1v) is 7.14. The Morgan fingerprint density at radius 1 is 1.06 bits per heavy atom. The summed E-state index contributed by atoms with van der Waals surface area (Å²) in [6, 6.07) is 11.2. The normalized spacial score (nSPS) is 43.5. The van der Waals surface area contributed by atoms with Crippen LogP contribution in [0, 0.1) is 29.6 Å². The zero-order chi connectivity index (χ0) is 11.4. The maximum Gasteiger partial charge on any atom is 0.0113 e. The predicted octanol–water partition coefficient (Wildman–Crippen LogP) is 2.85. The van der Waals surface area contributed by atoms with E-state index in [1.165, 1.54) is 24.8 Å². The van der Waals surface area contributed by atoms with Gasteiger partial charge in [0.15, 0.2) is 0 Å². The van der Waals surface area contributed by atoms with E-state index >= 15 is 0 Å². The Morgan fingerprint density at radius 3 is 2.35 bits per heavy atom. The van der Waals surface area contributed by atoms with Crippen molar-refractivity contribution in [3.63, 3.8) is 0 Å². The van der Waals surface area contributed by atoms with Crippen molar-refractivity contribution in [2.75, 3.05) is 0 Å². The fourth-order valence-electron chi connectivity index (χ4n) is 4.99. The van der Waals surface area contributed by atoms with Gasteiger partial charge in [0, 0.05) is 6.04 Å². The summed E-state index contributed by atoms with van der Waals surface area (Å²) in [7, 11) is 0. The third kappa shape index (κ3) is 1.48. The molecule has 2 N–H and O–H groups in total. The Kier molecular flexibility index (Phi) is 2.14. The highest BCUT2D eigenvalue weighted by Gasteiger charge is 2.65. The quantitative estimate of drug-likeness (QED) is 0.844. The van der Waals surface area contributed by atoms with Gasteiger partial charge in [-0.05, 0) is 60.8 Å². The van der Waals surface area contributed by atoms with Crippen LogP contribution in [0.2, 0.25) is 0 Å². The van der Waals surface area contributed by atoms with E-state index in [0.29, 0.717) is 6.04 Å². The van der Waals surface area contributed by atoms with Crippen molar-refractivity contribution in [2.45, 2.75) is 31.7 Å². The van der Waals surface area contributed by atoms with Crippen molar-refractivity contribution >= 4 is 0 Å². The lowest BCUT2D eigenvalue weighted by molar-refractivity contribution is 0.409. The molecular formula is C16H21N. The molecule has 1 aromatic rings. The van der Waals surface area contributed by atoms with E-state index in [9.17, 15) is 0 Å². The van der Waals surface area contributed by atoms with Gasteiger partial charge in [0.25, 0.3) is 0 Å². The first kappa shape index (κ1) is 10.1. The summed E-state index contributed by atoms with van der Waals surface area (Å²) >= 11 is 0. The van der Waals surface area contributed by atoms with Crippen molar-refractivity contribution in [2.24, 2.45) is 35.3 Å². The van der Waals surface area contributed by atoms with Gasteiger partial charge in [0.05, 0.1) is 0 Å². The number of benzene rings is 1. The van der Waals surface area contributed by atoms with Crippen LogP contribution in [0.1, 0.15) is 24.8 Å². The predicted molar refractivity (Wildman–Crippen MR) is 69.4 cm³/mol. The lowest BCUT2D eigenvalue weighted by atomic mass is 9.94. The molecule has 0 aliphatic heterocycles. The van der Waals surface area contributed by atoms with Crippen LogP contribution < -0.4 is 5.73 Å². The fourth-order valence-corrected chi connectivity index (χ4v) is 4.99. The average Bonchev–Trinajstić information content (AvgIpc) is 2.80. The van der Waals surface area contributed by atoms with Gasteiger partial charge in [-0.2, -0.15) is 0 Å². The van der Waals surface area contributed by atoms with Gasteiger partial charge in [0.1, 0.15) is 0 Å². The van der Waals surface area contributed by atoms with Gasteiger partial charge >= 0.3 is 0 Å². The maximum absolute atomic E-state index is 6.45. The van der Waals surface area contributed by atoms with E-state index in [0.717, 1.165) is 36.0 Å². The second-order valence-corrected chi connectivity index (χ2v) is 6.42. The zero-order valence-electron chi connectivity index (χ0n) is 10.3. The van der Waals surface area contributed by atoms with Crippen LogP contribution in [0.4, 0.5) is 0 Å². The Hall–Kier alpha value is -0.820. The number of hydrogen-bond acceptors (Lipinski definition) is 1. The van der Waals surface area contributed by atoms with Gasteiger partial charge in [0.2, 0.25) is 0 Å². The molecule has 0 amide bonds. The fraction of sp³-hybridized carbons (Fsp3) is 0.625. The van der Waals surface area contributed by atoms with Crippen LogP contribution in [0.15, 0.2) is 30.3 Å². The molecule has 3 fully saturated rings. The molecular weight excluding hydrogens is 206 g/mol. The second-order valence-electron chi connectivity index (χ2n) is 6.42. The summed E-state index contributed by atoms with van der Waals surface area (Å²) in [6.07, 6.45) is 5.61.